The largest absolute Gasteiger partial charge is 0.496 e. The lowest BCUT2D eigenvalue weighted by atomic mass is 10.2. The molecule has 7 nitrogen and oxygen atoms in total. The van der Waals surface area contributed by atoms with Gasteiger partial charge in [0.15, 0.2) is 4.90 Å². The normalized spacial score (nSPS) is 11.2. The zero-order valence-corrected chi connectivity index (χ0v) is 9.32. The van der Waals surface area contributed by atoms with E-state index in [2.05, 4.69) is 0 Å². The number of ether oxygens (including phenoxy) is 1. The molecule has 0 unspecified atom stereocenters. The monoisotopic (exact) mass is 247 g/mol. The molecule has 0 fully saturated rings. The van der Waals surface area contributed by atoms with Gasteiger partial charge in [0.2, 0.25) is 0 Å². The first kappa shape index (κ1) is 12.4. The number of methoxy groups -OCH3 is 1. The second-order valence-electron chi connectivity index (χ2n) is 3.02. The highest BCUT2D eigenvalue weighted by Gasteiger charge is 2.25. The summed E-state index contributed by atoms with van der Waals surface area (Å²) in [5.41, 5.74) is -0.342. The predicted molar refractivity (Wildman–Crippen MR) is 54.2 cm³/mol. The van der Waals surface area contributed by atoms with Crippen LogP contribution >= 0.6 is 0 Å². The molecule has 0 bridgehead atoms. The smallest absolute Gasteiger partial charge is 0.301 e. The third kappa shape index (κ3) is 2.28. The Kier molecular flexibility index (Phi) is 3.15. The van der Waals surface area contributed by atoms with Crippen molar-refractivity contribution in [2.45, 2.75) is 11.8 Å². The summed E-state index contributed by atoms with van der Waals surface area (Å²) < 4.78 is 35.5. The Morgan fingerprint density at radius 3 is 2.38 bits per heavy atom. The van der Waals surface area contributed by atoms with Gasteiger partial charge in [-0.1, -0.05) is 0 Å². The van der Waals surface area contributed by atoms with Gasteiger partial charge in [0.1, 0.15) is 5.75 Å². The van der Waals surface area contributed by atoms with E-state index in [1.807, 2.05) is 0 Å². The Balaban J connectivity index is 3.62. The SMILES string of the molecule is COc1cc([N+](=O)[O-])c(S(=O)(=O)O)cc1C. The van der Waals surface area contributed by atoms with Gasteiger partial charge in [-0.3, -0.25) is 14.7 Å². The van der Waals surface area contributed by atoms with Crippen molar-refractivity contribution in [2.75, 3.05) is 7.11 Å². The first-order chi connectivity index (χ1) is 7.27. The van der Waals surface area contributed by atoms with Gasteiger partial charge in [0.05, 0.1) is 18.1 Å². The number of hydrogen-bond acceptors (Lipinski definition) is 5. The molecule has 1 aromatic carbocycles. The summed E-state index contributed by atoms with van der Waals surface area (Å²) in [7, 11) is -3.32. The van der Waals surface area contributed by atoms with Gasteiger partial charge in [0, 0.05) is 0 Å². The summed E-state index contributed by atoms with van der Waals surface area (Å²) in [5, 5.41) is 10.6. The number of nitro benzene ring substituents is 1. The van der Waals surface area contributed by atoms with Crippen LogP contribution in [0.4, 0.5) is 5.69 Å². The Hall–Kier alpha value is -1.67. The first-order valence-electron chi connectivity index (χ1n) is 4.08. The minimum Gasteiger partial charge on any atom is -0.496 e. The lowest BCUT2D eigenvalue weighted by molar-refractivity contribution is -0.388. The van der Waals surface area contributed by atoms with Gasteiger partial charge in [-0.05, 0) is 18.6 Å². The summed E-state index contributed by atoms with van der Waals surface area (Å²) in [5.74, 6) is 0.180. The van der Waals surface area contributed by atoms with Crippen LogP contribution in [0, 0.1) is 17.0 Å². The lowest BCUT2D eigenvalue weighted by Gasteiger charge is -2.06. The number of nitro groups is 1. The van der Waals surface area contributed by atoms with Crippen molar-refractivity contribution >= 4 is 15.8 Å². The molecule has 16 heavy (non-hydrogen) atoms. The van der Waals surface area contributed by atoms with Crippen LogP contribution in [0.25, 0.3) is 0 Å². The van der Waals surface area contributed by atoms with Crippen molar-refractivity contribution in [3.8, 4) is 5.75 Å². The second-order valence-corrected chi connectivity index (χ2v) is 4.41. The van der Waals surface area contributed by atoms with Crippen molar-refractivity contribution in [1.29, 1.82) is 0 Å². The fourth-order valence-electron chi connectivity index (χ4n) is 1.22. The summed E-state index contributed by atoms with van der Waals surface area (Å²) in [6, 6.07) is 1.95. The van der Waals surface area contributed by atoms with Crippen LogP contribution in [0.2, 0.25) is 0 Å². The molecule has 0 aliphatic heterocycles. The van der Waals surface area contributed by atoms with Crippen molar-refractivity contribution < 1.29 is 22.6 Å². The Morgan fingerprint density at radius 2 is 2.00 bits per heavy atom. The highest BCUT2D eigenvalue weighted by atomic mass is 32.2. The maximum absolute atomic E-state index is 10.9. The molecule has 1 N–H and O–H groups in total. The molecule has 8 heteroatoms. The average Bonchev–Trinajstić information content (AvgIpc) is 2.15. The summed E-state index contributed by atoms with van der Waals surface area (Å²) >= 11 is 0. The molecule has 0 atom stereocenters. The molecule has 0 spiro atoms. The molecule has 0 saturated heterocycles. The van der Waals surface area contributed by atoms with E-state index in [1.165, 1.54) is 14.0 Å². The molecule has 0 amide bonds. The molecule has 0 heterocycles. The van der Waals surface area contributed by atoms with Crippen molar-refractivity contribution in [2.24, 2.45) is 0 Å². The second kappa shape index (κ2) is 4.06. The highest BCUT2D eigenvalue weighted by Crippen LogP contribution is 2.31. The minimum atomic E-state index is -4.62. The van der Waals surface area contributed by atoms with Crippen LogP contribution in [-0.2, 0) is 10.1 Å². The van der Waals surface area contributed by atoms with Crippen LogP contribution in [0.5, 0.6) is 5.75 Å². The molecular formula is C8H9NO6S. The van der Waals surface area contributed by atoms with E-state index < -0.39 is 25.6 Å². The van der Waals surface area contributed by atoms with Crippen molar-refractivity contribution in [1.82, 2.24) is 0 Å². The Bertz CT molecular complexity index is 536. The quantitative estimate of drug-likeness (QED) is 0.488. The van der Waals surface area contributed by atoms with Crippen LogP contribution in [0.3, 0.4) is 0 Å². The van der Waals surface area contributed by atoms with Gasteiger partial charge in [0.25, 0.3) is 5.69 Å². The number of aryl methyl sites for hydroxylation is 1. The fraction of sp³-hybridized carbons (Fsp3) is 0.250. The molecule has 0 aliphatic carbocycles. The molecule has 0 radical (unpaired) electrons. The van der Waals surface area contributed by atoms with Crippen molar-refractivity contribution in [3.05, 3.63) is 27.8 Å². The van der Waals surface area contributed by atoms with E-state index in [9.17, 15) is 18.5 Å². The summed E-state index contributed by atoms with van der Waals surface area (Å²) in [4.78, 5) is 8.98. The van der Waals surface area contributed by atoms with Crippen LogP contribution in [-0.4, -0.2) is 25.0 Å². The lowest BCUT2D eigenvalue weighted by Crippen LogP contribution is -2.04. The molecule has 88 valence electrons. The van der Waals surface area contributed by atoms with Gasteiger partial charge < -0.3 is 4.74 Å². The first-order valence-corrected chi connectivity index (χ1v) is 5.52. The van der Waals surface area contributed by atoms with Gasteiger partial charge >= 0.3 is 10.1 Å². The molecular weight excluding hydrogens is 238 g/mol. The number of hydrogen-bond donors (Lipinski definition) is 1. The van der Waals surface area contributed by atoms with E-state index in [-0.39, 0.29) is 5.75 Å². The van der Waals surface area contributed by atoms with Crippen molar-refractivity contribution in [3.63, 3.8) is 0 Å². The van der Waals surface area contributed by atoms with Crippen LogP contribution < -0.4 is 4.74 Å². The number of nitrogens with zero attached hydrogens (tertiary/aromatic N) is 1. The van der Waals surface area contributed by atoms with Gasteiger partial charge in [-0.15, -0.1) is 0 Å². The fourth-order valence-corrected chi connectivity index (χ4v) is 1.94. The standard InChI is InChI=1S/C8H9NO6S/c1-5-3-8(16(12,13)14)6(9(10)11)4-7(5)15-2/h3-4H,1-2H3,(H,12,13,14). The maximum atomic E-state index is 10.9. The van der Waals surface area contributed by atoms with Crippen LogP contribution in [0.15, 0.2) is 17.0 Å². The molecule has 0 saturated carbocycles. The summed E-state index contributed by atoms with van der Waals surface area (Å²) in [6.07, 6.45) is 0. The Morgan fingerprint density at radius 1 is 1.44 bits per heavy atom. The molecule has 1 aromatic rings. The Labute approximate surface area is 91.6 Å². The average molecular weight is 247 g/mol. The van der Waals surface area contributed by atoms with E-state index in [4.69, 9.17) is 9.29 Å². The topological polar surface area (TPSA) is 107 Å². The number of rotatable bonds is 3. The molecule has 1 rings (SSSR count). The summed E-state index contributed by atoms with van der Waals surface area (Å²) in [6.45, 7) is 1.51. The highest BCUT2D eigenvalue weighted by molar-refractivity contribution is 7.86. The van der Waals surface area contributed by atoms with E-state index >= 15 is 0 Å². The van der Waals surface area contributed by atoms with Gasteiger partial charge in [-0.25, -0.2) is 0 Å². The molecule has 0 aromatic heterocycles. The minimum absolute atomic E-state index is 0.180. The molecule has 0 aliphatic rings. The number of benzene rings is 1. The third-order valence-corrected chi connectivity index (χ3v) is 2.83. The van der Waals surface area contributed by atoms with E-state index in [0.717, 1.165) is 12.1 Å². The zero-order chi connectivity index (χ0) is 12.5. The predicted octanol–water partition coefficient (Wildman–Crippen LogP) is 1.16. The van der Waals surface area contributed by atoms with Gasteiger partial charge in [-0.2, -0.15) is 8.42 Å². The van der Waals surface area contributed by atoms with E-state index in [1.54, 1.807) is 0 Å². The maximum Gasteiger partial charge on any atom is 0.301 e. The zero-order valence-electron chi connectivity index (χ0n) is 8.50. The van der Waals surface area contributed by atoms with E-state index in [0.29, 0.717) is 5.56 Å². The van der Waals surface area contributed by atoms with Crippen LogP contribution in [0.1, 0.15) is 5.56 Å². The third-order valence-electron chi connectivity index (χ3n) is 1.95.